The van der Waals surface area contributed by atoms with Gasteiger partial charge in [-0.05, 0) is 24.6 Å². The number of nitrogens with zero attached hydrogens (tertiary/aromatic N) is 3. The third-order valence-electron chi connectivity index (χ3n) is 4.11. The van der Waals surface area contributed by atoms with Gasteiger partial charge >= 0.3 is 0 Å². The van der Waals surface area contributed by atoms with Crippen LogP contribution in [0.25, 0.3) is 0 Å². The molecule has 0 spiro atoms. The maximum Gasteiger partial charge on any atom is 0.231 e. The second-order valence-corrected chi connectivity index (χ2v) is 5.70. The smallest absolute Gasteiger partial charge is 0.231 e. The predicted molar refractivity (Wildman–Crippen MR) is 83.4 cm³/mol. The van der Waals surface area contributed by atoms with Crippen molar-refractivity contribution in [2.75, 3.05) is 23.4 Å². The largest absolute Gasteiger partial charge is 0.363 e. The van der Waals surface area contributed by atoms with Crippen LogP contribution in [0.4, 0.5) is 11.4 Å². The van der Waals surface area contributed by atoms with E-state index in [9.17, 15) is 4.79 Å². The van der Waals surface area contributed by atoms with Crippen molar-refractivity contribution in [2.24, 2.45) is 5.92 Å². The Labute approximate surface area is 124 Å². The highest BCUT2D eigenvalue weighted by molar-refractivity contribution is 5.99. The Morgan fingerprint density at radius 1 is 1.33 bits per heavy atom. The van der Waals surface area contributed by atoms with Gasteiger partial charge in [0.05, 0.1) is 35.7 Å². The molecule has 1 N–H and O–H groups in total. The first kappa shape index (κ1) is 13.7. The summed E-state index contributed by atoms with van der Waals surface area (Å²) in [7, 11) is 1.85. The number of carbonyl (C=O) groups is 1. The van der Waals surface area contributed by atoms with Crippen LogP contribution in [0.1, 0.15) is 18.2 Å². The van der Waals surface area contributed by atoms with Gasteiger partial charge in [0.2, 0.25) is 5.91 Å². The van der Waals surface area contributed by atoms with E-state index >= 15 is 0 Å². The molecule has 110 valence electrons. The van der Waals surface area contributed by atoms with Gasteiger partial charge in [0, 0.05) is 13.6 Å². The number of aromatic amines is 1. The fourth-order valence-electron chi connectivity index (χ4n) is 2.85. The summed E-state index contributed by atoms with van der Waals surface area (Å²) in [6, 6.07) is 8.05. The van der Waals surface area contributed by atoms with Crippen LogP contribution in [0.2, 0.25) is 0 Å². The van der Waals surface area contributed by atoms with E-state index in [1.165, 1.54) is 0 Å². The van der Waals surface area contributed by atoms with E-state index in [4.69, 9.17) is 0 Å². The van der Waals surface area contributed by atoms with E-state index < -0.39 is 0 Å². The number of fused-ring (bicyclic) bond motifs is 1. The number of para-hydroxylation sites is 2. The van der Waals surface area contributed by atoms with E-state index in [0.29, 0.717) is 6.54 Å². The summed E-state index contributed by atoms with van der Waals surface area (Å²) in [4.78, 5) is 16.4. The maximum atomic E-state index is 12.4. The zero-order chi connectivity index (χ0) is 15.0. The molecule has 0 saturated heterocycles. The Bertz CT molecular complexity index is 664. The number of amides is 1. The van der Waals surface area contributed by atoms with Gasteiger partial charge in [0.15, 0.2) is 0 Å². The average molecular weight is 284 g/mol. The lowest BCUT2D eigenvalue weighted by molar-refractivity contribution is -0.121. The highest BCUT2D eigenvalue weighted by Crippen LogP contribution is 2.34. The molecule has 2 aromatic rings. The third-order valence-corrected chi connectivity index (χ3v) is 4.11. The van der Waals surface area contributed by atoms with Crippen LogP contribution in [0.15, 0.2) is 30.5 Å². The van der Waals surface area contributed by atoms with E-state index in [1.807, 2.05) is 45.3 Å². The van der Waals surface area contributed by atoms with Crippen molar-refractivity contribution < 1.29 is 4.79 Å². The number of carbonyl (C=O) groups excluding carboxylic acids is 1. The predicted octanol–water partition coefficient (Wildman–Crippen LogP) is 2.34. The van der Waals surface area contributed by atoms with E-state index in [2.05, 4.69) is 21.2 Å². The topological polar surface area (TPSA) is 52.2 Å². The monoisotopic (exact) mass is 284 g/mol. The van der Waals surface area contributed by atoms with Gasteiger partial charge in [-0.3, -0.25) is 9.89 Å². The molecule has 1 atom stereocenters. The molecule has 1 amide bonds. The van der Waals surface area contributed by atoms with Gasteiger partial charge in [-0.2, -0.15) is 5.10 Å². The molecule has 5 heteroatoms. The van der Waals surface area contributed by atoms with Crippen LogP contribution in [0.3, 0.4) is 0 Å². The van der Waals surface area contributed by atoms with Gasteiger partial charge in [0.1, 0.15) is 0 Å². The van der Waals surface area contributed by atoms with Crippen LogP contribution >= 0.6 is 0 Å². The molecular weight excluding hydrogens is 264 g/mol. The Morgan fingerprint density at radius 2 is 2.05 bits per heavy atom. The quantitative estimate of drug-likeness (QED) is 0.921. The summed E-state index contributed by atoms with van der Waals surface area (Å²) in [5.74, 6) is 0.122. The zero-order valence-corrected chi connectivity index (χ0v) is 12.6. The van der Waals surface area contributed by atoms with E-state index in [-0.39, 0.29) is 11.8 Å². The molecule has 3 rings (SSSR count). The molecule has 1 unspecified atom stereocenters. The second kappa shape index (κ2) is 5.24. The van der Waals surface area contributed by atoms with Crippen molar-refractivity contribution in [3.8, 4) is 0 Å². The summed E-state index contributed by atoms with van der Waals surface area (Å²) in [6.07, 6.45) is 1.83. The molecule has 1 aromatic heterocycles. The highest BCUT2D eigenvalue weighted by Gasteiger charge is 2.29. The third kappa shape index (κ3) is 2.39. The minimum absolute atomic E-state index is 0.0365. The van der Waals surface area contributed by atoms with Crippen molar-refractivity contribution in [1.82, 2.24) is 10.2 Å². The Balaban J connectivity index is 2.01. The first-order valence-electron chi connectivity index (χ1n) is 7.18. The maximum absolute atomic E-state index is 12.4. The fraction of sp³-hybridized carbons (Fsp3) is 0.375. The molecule has 0 radical (unpaired) electrons. The molecule has 0 bridgehead atoms. The summed E-state index contributed by atoms with van der Waals surface area (Å²) in [6.45, 7) is 5.47. The number of hydrogen-bond acceptors (Lipinski definition) is 3. The molecule has 2 heterocycles. The van der Waals surface area contributed by atoms with Crippen molar-refractivity contribution in [1.29, 1.82) is 0 Å². The van der Waals surface area contributed by atoms with Gasteiger partial charge < -0.3 is 9.80 Å². The number of aryl methyl sites for hydroxylation is 1. The molecule has 0 aliphatic carbocycles. The lowest BCUT2D eigenvalue weighted by Crippen LogP contribution is -2.34. The van der Waals surface area contributed by atoms with Crippen molar-refractivity contribution >= 4 is 17.3 Å². The number of H-pyrrole nitrogens is 1. The molecule has 0 fully saturated rings. The van der Waals surface area contributed by atoms with Gasteiger partial charge in [0.25, 0.3) is 0 Å². The van der Waals surface area contributed by atoms with Gasteiger partial charge in [-0.25, -0.2) is 0 Å². The van der Waals surface area contributed by atoms with Crippen LogP contribution in [0, 0.1) is 12.8 Å². The molecule has 21 heavy (non-hydrogen) atoms. The van der Waals surface area contributed by atoms with Crippen LogP contribution in [-0.4, -0.2) is 29.7 Å². The molecule has 1 aliphatic heterocycles. The van der Waals surface area contributed by atoms with Crippen molar-refractivity contribution in [2.45, 2.75) is 20.4 Å². The fourth-order valence-corrected chi connectivity index (χ4v) is 2.85. The number of hydrogen-bond donors (Lipinski definition) is 1. The molecule has 1 aliphatic rings. The Kier molecular flexibility index (Phi) is 3.41. The first-order valence-corrected chi connectivity index (χ1v) is 7.18. The SMILES string of the molecule is Cc1cn[nH]c1CN1CC(C)C(=O)N(C)c2ccccc21. The lowest BCUT2D eigenvalue weighted by Gasteiger charge is -2.25. The molecule has 5 nitrogen and oxygen atoms in total. The summed E-state index contributed by atoms with van der Waals surface area (Å²) in [5.41, 5.74) is 4.29. The number of anilines is 2. The Hall–Kier alpha value is -2.30. The average Bonchev–Trinajstić information content (AvgIpc) is 2.86. The number of rotatable bonds is 2. The van der Waals surface area contributed by atoms with Crippen LogP contribution < -0.4 is 9.80 Å². The minimum Gasteiger partial charge on any atom is -0.363 e. The number of nitrogens with one attached hydrogen (secondary N) is 1. The normalized spacial score (nSPS) is 18.6. The summed E-state index contributed by atoms with van der Waals surface area (Å²) >= 11 is 0. The standard InChI is InChI=1S/C16H20N4O/c1-11-8-17-18-13(11)10-20-9-12(2)16(21)19(3)14-6-4-5-7-15(14)20/h4-8,12H,9-10H2,1-3H3,(H,17,18). The van der Waals surface area contributed by atoms with E-state index in [1.54, 1.807) is 4.90 Å². The number of benzene rings is 1. The van der Waals surface area contributed by atoms with Crippen LogP contribution in [-0.2, 0) is 11.3 Å². The van der Waals surface area contributed by atoms with Crippen molar-refractivity contribution in [3.63, 3.8) is 0 Å². The number of aromatic nitrogens is 2. The lowest BCUT2D eigenvalue weighted by atomic mass is 10.1. The Morgan fingerprint density at radius 3 is 2.71 bits per heavy atom. The highest BCUT2D eigenvalue weighted by atomic mass is 16.2. The van der Waals surface area contributed by atoms with Crippen molar-refractivity contribution in [3.05, 3.63) is 41.7 Å². The molecule has 0 saturated carbocycles. The minimum atomic E-state index is -0.0365. The molecule has 1 aromatic carbocycles. The van der Waals surface area contributed by atoms with Crippen LogP contribution in [0.5, 0.6) is 0 Å². The summed E-state index contributed by atoms with van der Waals surface area (Å²) in [5, 5.41) is 7.14. The summed E-state index contributed by atoms with van der Waals surface area (Å²) < 4.78 is 0. The van der Waals surface area contributed by atoms with Gasteiger partial charge in [-0.1, -0.05) is 19.1 Å². The first-order chi connectivity index (χ1) is 10.1. The molecular formula is C16H20N4O. The van der Waals surface area contributed by atoms with Gasteiger partial charge in [-0.15, -0.1) is 0 Å². The second-order valence-electron chi connectivity index (χ2n) is 5.70. The zero-order valence-electron chi connectivity index (χ0n) is 12.6. The van der Waals surface area contributed by atoms with E-state index in [0.717, 1.165) is 29.2 Å².